The standard InChI is InChI=1S/C12H14N2O3/c1-12(2,3)13-8-11(15)9-4-6-10(7-5-9)14(16)17/h4-8H,1-3H3. The van der Waals surface area contributed by atoms with E-state index in [1.807, 2.05) is 20.8 Å². The molecule has 0 radical (unpaired) electrons. The fourth-order valence-electron chi connectivity index (χ4n) is 1.07. The van der Waals surface area contributed by atoms with Crippen LogP contribution in [0, 0.1) is 10.1 Å². The second kappa shape index (κ2) is 4.86. The topological polar surface area (TPSA) is 72.6 Å². The van der Waals surface area contributed by atoms with Gasteiger partial charge in [-0.25, -0.2) is 0 Å². The molecule has 5 nitrogen and oxygen atoms in total. The Labute approximate surface area is 99.3 Å². The number of nitrogens with zero attached hydrogens (tertiary/aromatic N) is 2. The molecule has 0 atom stereocenters. The first-order valence-electron chi connectivity index (χ1n) is 5.13. The van der Waals surface area contributed by atoms with Crippen molar-refractivity contribution in [1.29, 1.82) is 0 Å². The number of ketones is 1. The van der Waals surface area contributed by atoms with Crippen LogP contribution < -0.4 is 0 Å². The Morgan fingerprint density at radius 2 is 1.82 bits per heavy atom. The maximum atomic E-state index is 11.7. The molecule has 0 aliphatic carbocycles. The lowest BCUT2D eigenvalue weighted by Gasteiger charge is -2.10. The van der Waals surface area contributed by atoms with Gasteiger partial charge in [0.2, 0.25) is 5.78 Å². The van der Waals surface area contributed by atoms with Crippen LogP contribution in [0.2, 0.25) is 0 Å². The van der Waals surface area contributed by atoms with E-state index in [0.717, 1.165) is 0 Å². The molecule has 0 spiro atoms. The van der Waals surface area contributed by atoms with Crippen LogP contribution in [0.4, 0.5) is 5.69 Å². The number of hydrogen-bond acceptors (Lipinski definition) is 4. The van der Waals surface area contributed by atoms with Crippen molar-refractivity contribution in [1.82, 2.24) is 0 Å². The molecule has 0 unspecified atom stereocenters. The number of aliphatic imine (C=N–C) groups is 1. The Kier molecular flexibility index (Phi) is 3.73. The summed E-state index contributed by atoms with van der Waals surface area (Å²) in [5.74, 6) is -0.255. The average Bonchev–Trinajstić information content (AvgIpc) is 2.25. The Hall–Kier alpha value is -2.04. The number of carbonyl (C=O) groups is 1. The van der Waals surface area contributed by atoms with Gasteiger partial charge in [-0.05, 0) is 32.9 Å². The number of nitro groups is 1. The van der Waals surface area contributed by atoms with Crippen molar-refractivity contribution in [2.24, 2.45) is 4.99 Å². The van der Waals surface area contributed by atoms with Crippen LogP contribution in [0.25, 0.3) is 0 Å². The van der Waals surface area contributed by atoms with E-state index in [2.05, 4.69) is 4.99 Å². The number of benzene rings is 1. The van der Waals surface area contributed by atoms with Gasteiger partial charge in [0.25, 0.3) is 5.69 Å². The van der Waals surface area contributed by atoms with Gasteiger partial charge in [-0.15, -0.1) is 0 Å². The van der Waals surface area contributed by atoms with Crippen molar-refractivity contribution < 1.29 is 9.72 Å². The van der Waals surface area contributed by atoms with Gasteiger partial charge in [0.1, 0.15) is 0 Å². The minimum atomic E-state index is -0.502. The maximum absolute atomic E-state index is 11.7. The molecule has 0 aliphatic heterocycles. The van der Waals surface area contributed by atoms with E-state index in [1.165, 1.54) is 30.5 Å². The summed E-state index contributed by atoms with van der Waals surface area (Å²) in [6.07, 6.45) is 1.25. The molecule has 0 bridgehead atoms. The predicted octanol–water partition coefficient (Wildman–Crippen LogP) is 2.65. The second-order valence-corrected chi connectivity index (χ2v) is 4.60. The van der Waals surface area contributed by atoms with Crippen LogP contribution in [-0.4, -0.2) is 22.5 Å². The van der Waals surface area contributed by atoms with Gasteiger partial charge in [0.05, 0.1) is 16.7 Å². The number of rotatable bonds is 3. The van der Waals surface area contributed by atoms with Gasteiger partial charge in [0, 0.05) is 17.7 Å². The first kappa shape index (κ1) is 13.0. The molecule has 5 heteroatoms. The van der Waals surface area contributed by atoms with Crippen molar-refractivity contribution in [2.45, 2.75) is 26.3 Å². The van der Waals surface area contributed by atoms with Crippen molar-refractivity contribution in [3.05, 3.63) is 39.9 Å². The molecule has 0 heterocycles. The molecule has 90 valence electrons. The molecule has 0 saturated carbocycles. The molecule has 1 aromatic carbocycles. The molecule has 1 rings (SSSR count). The Morgan fingerprint density at radius 3 is 2.24 bits per heavy atom. The Morgan fingerprint density at radius 1 is 1.29 bits per heavy atom. The fraction of sp³-hybridized carbons (Fsp3) is 0.333. The molecular formula is C12H14N2O3. The molecule has 0 N–H and O–H groups in total. The molecule has 0 fully saturated rings. The van der Waals surface area contributed by atoms with Crippen LogP contribution in [0.5, 0.6) is 0 Å². The van der Waals surface area contributed by atoms with Crippen molar-refractivity contribution in [3.63, 3.8) is 0 Å². The van der Waals surface area contributed by atoms with E-state index in [4.69, 9.17) is 0 Å². The fourth-order valence-corrected chi connectivity index (χ4v) is 1.07. The van der Waals surface area contributed by atoms with Crippen molar-refractivity contribution in [2.75, 3.05) is 0 Å². The summed E-state index contributed by atoms with van der Waals surface area (Å²) in [6, 6.07) is 5.46. The van der Waals surface area contributed by atoms with E-state index in [-0.39, 0.29) is 17.0 Å². The third kappa shape index (κ3) is 4.14. The van der Waals surface area contributed by atoms with Gasteiger partial charge >= 0.3 is 0 Å². The maximum Gasteiger partial charge on any atom is 0.269 e. The lowest BCUT2D eigenvalue weighted by Crippen LogP contribution is -2.12. The van der Waals surface area contributed by atoms with Gasteiger partial charge in [0.15, 0.2) is 0 Å². The van der Waals surface area contributed by atoms with E-state index in [1.54, 1.807) is 0 Å². The molecule has 0 amide bonds. The molecule has 0 aliphatic rings. The monoisotopic (exact) mass is 234 g/mol. The van der Waals surface area contributed by atoms with E-state index in [9.17, 15) is 14.9 Å². The quantitative estimate of drug-likeness (QED) is 0.349. The summed E-state index contributed by atoms with van der Waals surface area (Å²) >= 11 is 0. The van der Waals surface area contributed by atoms with Gasteiger partial charge in [-0.2, -0.15) is 0 Å². The van der Waals surface area contributed by atoms with Crippen molar-refractivity contribution in [3.8, 4) is 0 Å². The number of carbonyl (C=O) groups excluding carboxylic acids is 1. The summed E-state index contributed by atoms with van der Waals surface area (Å²) in [6.45, 7) is 5.64. The van der Waals surface area contributed by atoms with Gasteiger partial charge < -0.3 is 0 Å². The second-order valence-electron chi connectivity index (χ2n) is 4.60. The summed E-state index contributed by atoms with van der Waals surface area (Å²) < 4.78 is 0. The number of hydrogen-bond donors (Lipinski definition) is 0. The third-order valence-electron chi connectivity index (χ3n) is 1.93. The van der Waals surface area contributed by atoms with Crippen LogP contribution in [0.1, 0.15) is 31.1 Å². The number of nitro benzene ring substituents is 1. The highest BCUT2D eigenvalue weighted by Crippen LogP contribution is 2.12. The summed E-state index contributed by atoms with van der Waals surface area (Å²) in [4.78, 5) is 25.7. The molecule has 0 saturated heterocycles. The highest BCUT2D eigenvalue weighted by molar-refractivity contribution is 6.35. The number of Topliss-reactive ketones (excluding diaryl/α,β-unsaturated/α-hetero) is 1. The first-order chi connectivity index (χ1) is 7.79. The predicted molar refractivity (Wildman–Crippen MR) is 65.7 cm³/mol. The molecule has 17 heavy (non-hydrogen) atoms. The molecular weight excluding hydrogens is 220 g/mol. The highest BCUT2D eigenvalue weighted by atomic mass is 16.6. The summed E-state index contributed by atoms with van der Waals surface area (Å²) in [5.41, 5.74) is 0.0501. The SMILES string of the molecule is CC(C)(C)N=CC(=O)c1ccc([N+](=O)[O-])cc1. The van der Waals surface area contributed by atoms with Crippen LogP contribution >= 0.6 is 0 Å². The van der Waals surface area contributed by atoms with Crippen LogP contribution in [0.15, 0.2) is 29.3 Å². The summed E-state index contributed by atoms with van der Waals surface area (Å²) in [7, 11) is 0. The highest BCUT2D eigenvalue weighted by Gasteiger charge is 2.10. The Bertz CT molecular complexity index is 456. The normalized spacial score (nSPS) is 11.7. The zero-order chi connectivity index (χ0) is 13.1. The van der Waals surface area contributed by atoms with Gasteiger partial charge in [-0.3, -0.25) is 19.9 Å². The van der Waals surface area contributed by atoms with Crippen LogP contribution in [0.3, 0.4) is 0 Å². The largest absolute Gasteiger partial charge is 0.288 e. The lowest BCUT2D eigenvalue weighted by molar-refractivity contribution is -0.384. The average molecular weight is 234 g/mol. The lowest BCUT2D eigenvalue weighted by atomic mass is 10.1. The first-order valence-corrected chi connectivity index (χ1v) is 5.13. The molecule has 1 aromatic rings. The minimum Gasteiger partial charge on any atom is -0.288 e. The molecule has 0 aromatic heterocycles. The zero-order valence-corrected chi connectivity index (χ0v) is 10.0. The minimum absolute atomic E-state index is 0.0330. The smallest absolute Gasteiger partial charge is 0.269 e. The zero-order valence-electron chi connectivity index (χ0n) is 10.0. The van der Waals surface area contributed by atoms with Crippen LogP contribution in [-0.2, 0) is 0 Å². The van der Waals surface area contributed by atoms with E-state index >= 15 is 0 Å². The Balaban J connectivity index is 2.84. The van der Waals surface area contributed by atoms with Gasteiger partial charge in [-0.1, -0.05) is 0 Å². The van der Waals surface area contributed by atoms with E-state index in [0.29, 0.717) is 5.56 Å². The third-order valence-corrected chi connectivity index (χ3v) is 1.93. The van der Waals surface area contributed by atoms with E-state index < -0.39 is 4.92 Å². The number of non-ortho nitro benzene ring substituents is 1. The van der Waals surface area contributed by atoms with Crippen molar-refractivity contribution >= 4 is 17.7 Å². The summed E-state index contributed by atoms with van der Waals surface area (Å²) in [5, 5.41) is 10.4.